The third kappa shape index (κ3) is 3.70. The van der Waals surface area contributed by atoms with Crippen LogP contribution in [-0.2, 0) is 4.79 Å². The Kier molecular flexibility index (Phi) is 4.44. The van der Waals surface area contributed by atoms with Gasteiger partial charge in [-0.15, -0.1) is 0 Å². The molecule has 1 rings (SSSR count). The van der Waals surface area contributed by atoms with Crippen molar-refractivity contribution in [2.24, 2.45) is 11.8 Å². The number of aliphatic carboxylic acids is 1. The Labute approximate surface area is 101 Å². The van der Waals surface area contributed by atoms with E-state index in [0.717, 1.165) is 0 Å². The lowest BCUT2D eigenvalue weighted by molar-refractivity contribution is -0.141. The standard InChI is InChI=1S/C14H17FO2/c1-9(2)12(14(16)17)7-6-11-5-4-10(3)13(15)8-11/h4-9,12H,1-3H3,(H,16,17)/b7-6+. The highest BCUT2D eigenvalue weighted by molar-refractivity contribution is 5.74. The molecule has 92 valence electrons. The molecule has 2 nitrogen and oxygen atoms in total. The van der Waals surface area contributed by atoms with Gasteiger partial charge in [-0.05, 0) is 30.0 Å². The zero-order valence-corrected chi connectivity index (χ0v) is 10.3. The largest absolute Gasteiger partial charge is 0.481 e. The van der Waals surface area contributed by atoms with Crippen LogP contribution < -0.4 is 0 Å². The van der Waals surface area contributed by atoms with E-state index in [1.54, 1.807) is 31.2 Å². The Bertz CT molecular complexity index is 436. The molecule has 0 aliphatic carbocycles. The molecule has 0 aliphatic heterocycles. The summed E-state index contributed by atoms with van der Waals surface area (Å²) in [7, 11) is 0. The topological polar surface area (TPSA) is 37.3 Å². The smallest absolute Gasteiger partial charge is 0.310 e. The summed E-state index contributed by atoms with van der Waals surface area (Å²) in [6.07, 6.45) is 3.26. The highest BCUT2D eigenvalue weighted by atomic mass is 19.1. The number of halogens is 1. The van der Waals surface area contributed by atoms with Crippen LogP contribution in [0.4, 0.5) is 4.39 Å². The van der Waals surface area contributed by atoms with Gasteiger partial charge >= 0.3 is 5.97 Å². The molecule has 1 N–H and O–H groups in total. The lowest BCUT2D eigenvalue weighted by Gasteiger charge is -2.11. The van der Waals surface area contributed by atoms with E-state index in [0.29, 0.717) is 11.1 Å². The summed E-state index contributed by atoms with van der Waals surface area (Å²) in [4.78, 5) is 11.0. The monoisotopic (exact) mass is 236 g/mol. The Morgan fingerprint density at radius 3 is 2.53 bits per heavy atom. The van der Waals surface area contributed by atoms with E-state index in [1.807, 2.05) is 13.8 Å². The molecule has 0 saturated carbocycles. The van der Waals surface area contributed by atoms with Crippen LogP contribution in [0.5, 0.6) is 0 Å². The summed E-state index contributed by atoms with van der Waals surface area (Å²) in [5.74, 6) is -1.66. The second kappa shape index (κ2) is 5.62. The average molecular weight is 236 g/mol. The summed E-state index contributed by atoms with van der Waals surface area (Å²) in [5, 5.41) is 9.00. The number of carbonyl (C=O) groups is 1. The van der Waals surface area contributed by atoms with Crippen LogP contribution in [0.1, 0.15) is 25.0 Å². The van der Waals surface area contributed by atoms with E-state index in [4.69, 9.17) is 5.11 Å². The molecule has 1 unspecified atom stereocenters. The van der Waals surface area contributed by atoms with Crippen molar-refractivity contribution in [1.82, 2.24) is 0 Å². The first-order valence-electron chi connectivity index (χ1n) is 5.59. The van der Waals surface area contributed by atoms with E-state index in [9.17, 15) is 9.18 Å². The molecule has 0 heterocycles. The molecule has 0 spiro atoms. The molecule has 0 radical (unpaired) electrons. The molecule has 0 fully saturated rings. The molecule has 1 atom stereocenters. The van der Waals surface area contributed by atoms with Crippen molar-refractivity contribution in [2.45, 2.75) is 20.8 Å². The molecular weight excluding hydrogens is 219 g/mol. The van der Waals surface area contributed by atoms with Crippen molar-refractivity contribution in [3.05, 3.63) is 41.2 Å². The number of hydrogen-bond acceptors (Lipinski definition) is 1. The van der Waals surface area contributed by atoms with Gasteiger partial charge in [0.25, 0.3) is 0 Å². The van der Waals surface area contributed by atoms with Crippen LogP contribution in [0.25, 0.3) is 6.08 Å². The molecule has 3 heteroatoms. The summed E-state index contributed by atoms with van der Waals surface area (Å²) in [6, 6.07) is 4.86. The highest BCUT2D eigenvalue weighted by Gasteiger charge is 2.17. The van der Waals surface area contributed by atoms with E-state index in [-0.39, 0.29) is 11.7 Å². The minimum atomic E-state index is -0.858. The quantitative estimate of drug-likeness (QED) is 0.868. The predicted octanol–water partition coefficient (Wildman–Crippen LogP) is 3.50. The van der Waals surface area contributed by atoms with Crippen LogP contribution in [0.2, 0.25) is 0 Å². The fraction of sp³-hybridized carbons (Fsp3) is 0.357. The average Bonchev–Trinajstić information content (AvgIpc) is 2.22. The Hall–Kier alpha value is -1.64. The number of rotatable bonds is 4. The third-order valence-corrected chi connectivity index (χ3v) is 2.70. The first-order valence-corrected chi connectivity index (χ1v) is 5.59. The summed E-state index contributed by atoms with van der Waals surface area (Å²) >= 11 is 0. The molecule has 0 saturated heterocycles. The van der Waals surface area contributed by atoms with Crippen molar-refractivity contribution in [1.29, 1.82) is 0 Å². The number of hydrogen-bond donors (Lipinski definition) is 1. The fourth-order valence-electron chi connectivity index (χ4n) is 1.52. The molecular formula is C14H17FO2. The van der Waals surface area contributed by atoms with E-state index < -0.39 is 11.9 Å². The van der Waals surface area contributed by atoms with Crippen molar-refractivity contribution in [3.8, 4) is 0 Å². The number of benzene rings is 1. The molecule has 17 heavy (non-hydrogen) atoms. The van der Waals surface area contributed by atoms with Crippen molar-refractivity contribution < 1.29 is 14.3 Å². The van der Waals surface area contributed by atoms with Gasteiger partial charge in [0.05, 0.1) is 5.92 Å². The lowest BCUT2D eigenvalue weighted by Crippen LogP contribution is -2.16. The van der Waals surface area contributed by atoms with Crippen LogP contribution in [0.15, 0.2) is 24.3 Å². The van der Waals surface area contributed by atoms with E-state index >= 15 is 0 Å². The first-order chi connectivity index (χ1) is 7.91. The first kappa shape index (κ1) is 13.4. The number of carboxylic acids is 1. The van der Waals surface area contributed by atoms with Gasteiger partial charge in [0.15, 0.2) is 0 Å². The summed E-state index contributed by atoms with van der Waals surface area (Å²) in [5.41, 5.74) is 1.26. The Morgan fingerprint density at radius 1 is 1.41 bits per heavy atom. The molecule has 0 bridgehead atoms. The minimum Gasteiger partial charge on any atom is -0.481 e. The van der Waals surface area contributed by atoms with E-state index in [1.165, 1.54) is 6.07 Å². The highest BCUT2D eigenvalue weighted by Crippen LogP contribution is 2.16. The lowest BCUT2D eigenvalue weighted by atomic mass is 9.95. The van der Waals surface area contributed by atoms with Crippen molar-refractivity contribution in [2.75, 3.05) is 0 Å². The Balaban J connectivity index is 2.88. The second-order valence-electron chi connectivity index (χ2n) is 4.48. The molecule has 0 aromatic heterocycles. The fourth-order valence-corrected chi connectivity index (χ4v) is 1.52. The molecule has 0 aliphatic rings. The van der Waals surface area contributed by atoms with Gasteiger partial charge in [-0.2, -0.15) is 0 Å². The second-order valence-corrected chi connectivity index (χ2v) is 4.48. The zero-order chi connectivity index (χ0) is 13.0. The van der Waals surface area contributed by atoms with Gasteiger partial charge < -0.3 is 5.11 Å². The van der Waals surface area contributed by atoms with Gasteiger partial charge in [-0.25, -0.2) is 4.39 Å². The van der Waals surface area contributed by atoms with Crippen LogP contribution >= 0.6 is 0 Å². The minimum absolute atomic E-state index is 0.0130. The van der Waals surface area contributed by atoms with Crippen LogP contribution in [-0.4, -0.2) is 11.1 Å². The predicted molar refractivity (Wildman–Crippen MR) is 66.1 cm³/mol. The van der Waals surface area contributed by atoms with Gasteiger partial charge in [-0.1, -0.05) is 38.1 Å². The normalized spacial score (nSPS) is 13.2. The van der Waals surface area contributed by atoms with Gasteiger partial charge in [-0.3, -0.25) is 4.79 Å². The van der Waals surface area contributed by atoms with Gasteiger partial charge in [0.2, 0.25) is 0 Å². The summed E-state index contributed by atoms with van der Waals surface area (Å²) in [6.45, 7) is 5.38. The van der Waals surface area contributed by atoms with Crippen molar-refractivity contribution >= 4 is 12.0 Å². The molecule has 1 aromatic rings. The molecule has 1 aromatic carbocycles. The molecule has 0 amide bonds. The van der Waals surface area contributed by atoms with Gasteiger partial charge in [0.1, 0.15) is 5.82 Å². The Morgan fingerprint density at radius 2 is 2.06 bits per heavy atom. The third-order valence-electron chi connectivity index (χ3n) is 2.70. The van der Waals surface area contributed by atoms with E-state index in [2.05, 4.69) is 0 Å². The van der Waals surface area contributed by atoms with Crippen molar-refractivity contribution in [3.63, 3.8) is 0 Å². The van der Waals surface area contributed by atoms with Gasteiger partial charge in [0, 0.05) is 0 Å². The number of carboxylic acid groups (broad SMARTS) is 1. The summed E-state index contributed by atoms with van der Waals surface area (Å²) < 4.78 is 13.3. The number of aryl methyl sites for hydroxylation is 1. The maximum atomic E-state index is 13.3. The van der Waals surface area contributed by atoms with Crippen LogP contribution in [0.3, 0.4) is 0 Å². The zero-order valence-electron chi connectivity index (χ0n) is 10.3. The SMILES string of the molecule is Cc1ccc(/C=C/C(C(=O)O)C(C)C)cc1F. The maximum absolute atomic E-state index is 13.3. The maximum Gasteiger partial charge on any atom is 0.310 e. The van der Waals surface area contributed by atoms with Crippen LogP contribution in [0, 0.1) is 24.6 Å².